The second-order valence-corrected chi connectivity index (χ2v) is 6.68. The van der Waals surface area contributed by atoms with Crippen LogP contribution in [0.4, 0.5) is 0 Å². The van der Waals surface area contributed by atoms with E-state index in [-0.39, 0.29) is 17.9 Å². The van der Waals surface area contributed by atoms with Crippen molar-refractivity contribution < 1.29 is 9.53 Å². The summed E-state index contributed by atoms with van der Waals surface area (Å²) in [6, 6.07) is 7.78. The Morgan fingerprint density at radius 2 is 1.95 bits per heavy atom. The number of carbonyl (C=O) groups excluding carboxylic acids is 1. The third-order valence-electron chi connectivity index (χ3n) is 3.46. The quantitative estimate of drug-likeness (QED) is 0.811. The minimum absolute atomic E-state index is 0.0244. The Kier molecular flexibility index (Phi) is 4.30. The first-order chi connectivity index (χ1) is 9.80. The first-order valence-electron chi connectivity index (χ1n) is 7.28. The molecule has 0 bridgehead atoms. The molecule has 0 amide bonds. The monoisotopic (exact) mass is 289 g/mol. The lowest BCUT2D eigenvalue weighted by molar-refractivity contribution is -0.154. The summed E-state index contributed by atoms with van der Waals surface area (Å²) in [5, 5.41) is 8.40. The summed E-state index contributed by atoms with van der Waals surface area (Å²) < 4.78 is 7.33. The highest BCUT2D eigenvalue weighted by Crippen LogP contribution is 2.24. The largest absolute Gasteiger partial charge is 0.463 e. The van der Waals surface area contributed by atoms with Gasteiger partial charge in [-0.25, -0.2) is 4.68 Å². The maximum Gasteiger partial charge on any atom is 0.311 e. The molecule has 0 N–H and O–H groups in total. The highest BCUT2D eigenvalue weighted by atomic mass is 16.5. The number of ether oxygens (including phenoxy) is 1. The Bertz CT molecular complexity index is 626. The summed E-state index contributed by atoms with van der Waals surface area (Å²) in [5.41, 5.74) is 1.32. The third-order valence-corrected chi connectivity index (χ3v) is 3.46. The van der Waals surface area contributed by atoms with Gasteiger partial charge in [-0.3, -0.25) is 4.79 Å². The Labute approximate surface area is 125 Å². The van der Waals surface area contributed by atoms with E-state index in [9.17, 15) is 4.79 Å². The number of benzene rings is 1. The van der Waals surface area contributed by atoms with Crippen LogP contribution in [0.2, 0.25) is 0 Å². The van der Waals surface area contributed by atoms with Crippen molar-refractivity contribution in [1.29, 1.82) is 0 Å². The number of carbonyl (C=O) groups is 1. The van der Waals surface area contributed by atoms with Gasteiger partial charge in [0, 0.05) is 0 Å². The van der Waals surface area contributed by atoms with Crippen molar-refractivity contribution in [3.63, 3.8) is 0 Å². The van der Waals surface area contributed by atoms with E-state index in [1.807, 2.05) is 49.7 Å². The zero-order chi connectivity index (χ0) is 15.6. The molecule has 1 heterocycles. The van der Waals surface area contributed by atoms with E-state index >= 15 is 0 Å². The molecule has 0 spiro atoms. The summed E-state index contributed by atoms with van der Waals surface area (Å²) >= 11 is 0. The maximum absolute atomic E-state index is 12.0. The molecule has 2 aromatic rings. The number of hydrogen-bond donors (Lipinski definition) is 0. The number of aromatic nitrogens is 3. The molecule has 0 fully saturated rings. The van der Waals surface area contributed by atoms with Crippen LogP contribution >= 0.6 is 0 Å². The summed E-state index contributed by atoms with van der Waals surface area (Å²) in [5.74, 6) is 0.0837. The van der Waals surface area contributed by atoms with Gasteiger partial charge in [0.05, 0.1) is 17.0 Å². The van der Waals surface area contributed by atoms with Crippen LogP contribution in [0.5, 0.6) is 0 Å². The van der Waals surface area contributed by atoms with Crippen LogP contribution in [-0.4, -0.2) is 27.6 Å². The highest BCUT2D eigenvalue weighted by molar-refractivity contribution is 5.75. The van der Waals surface area contributed by atoms with Crippen LogP contribution in [0.3, 0.4) is 0 Å². The van der Waals surface area contributed by atoms with Gasteiger partial charge >= 0.3 is 5.97 Å². The van der Waals surface area contributed by atoms with Gasteiger partial charge in [0.1, 0.15) is 12.1 Å². The average molecular weight is 289 g/mol. The fraction of sp³-hybridized carbons (Fsp3) is 0.562. The first kappa shape index (κ1) is 15.5. The van der Waals surface area contributed by atoms with Gasteiger partial charge in [0.15, 0.2) is 0 Å². The number of rotatable bonds is 4. The Hall–Kier alpha value is -1.91. The van der Waals surface area contributed by atoms with Crippen LogP contribution in [0, 0.1) is 11.3 Å². The predicted molar refractivity (Wildman–Crippen MR) is 81.8 cm³/mol. The van der Waals surface area contributed by atoms with Crippen molar-refractivity contribution in [2.24, 2.45) is 11.3 Å². The van der Waals surface area contributed by atoms with E-state index in [0.717, 1.165) is 11.0 Å². The van der Waals surface area contributed by atoms with Gasteiger partial charge in [-0.1, -0.05) is 31.2 Å². The molecular weight excluding hydrogens is 266 g/mol. The van der Waals surface area contributed by atoms with Crippen molar-refractivity contribution in [2.75, 3.05) is 6.61 Å². The van der Waals surface area contributed by atoms with Crippen LogP contribution in [-0.2, 0) is 9.53 Å². The molecule has 0 aliphatic carbocycles. The molecule has 5 nitrogen and oxygen atoms in total. The predicted octanol–water partition coefficient (Wildman–Crippen LogP) is 3.22. The normalized spacial score (nSPS) is 13.6. The molecule has 0 unspecified atom stereocenters. The second-order valence-electron chi connectivity index (χ2n) is 6.68. The maximum atomic E-state index is 12.0. The third kappa shape index (κ3) is 3.40. The molecule has 0 aliphatic heterocycles. The van der Waals surface area contributed by atoms with Gasteiger partial charge in [-0.15, -0.1) is 5.10 Å². The fourth-order valence-electron chi connectivity index (χ4n) is 2.06. The minimum atomic E-state index is -0.494. The SMILES string of the molecule is CC(C)[C@@H](COC(=O)C(C)(C)C)n1nnc2ccccc21. The molecular formula is C16H23N3O2. The lowest BCUT2D eigenvalue weighted by Gasteiger charge is -2.24. The zero-order valence-corrected chi connectivity index (χ0v) is 13.3. The lowest BCUT2D eigenvalue weighted by atomic mass is 9.97. The second kappa shape index (κ2) is 5.84. The molecule has 21 heavy (non-hydrogen) atoms. The molecule has 0 saturated carbocycles. The number of para-hydroxylation sites is 1. The average Bonchev–Trinajstić information content (AvgIpc) is 2.81. The van der Waals surface area contributed by atoms with Crippen molar-refractivity contribution >= 4 is 17.0 Å². The zero-order valence-electron chi connectivity index (χ0n) is 13.3. The van der Waals surface area contributed by atoms with E-state index in [2.05, 4.69) is 24.2 Å². The number of esters is 1. The van der Waals surface area contributed by atoms with Crippen LogP contribution in [0.25, 0.3) is 11.0 Å². The Morgan fingerprint density at radius 3 is 2.57 bits per heavy atom. The van der Waals surface area contributed by atoms with Gasteiger partial charge in [0.25, 0.3) is 0 Å². The lowest BCUT2D eigenvalue weighted by Crippen LogP contribution is -2.29. The van der Waals surface area contributed by atoms with Gasteiger partial charge < -0.3 is 4.74 Å². The van der Waals surface area contributed by atoms with Crippen LogP contribution in [0.15, 0.2) is 24.3 Å². The molecule has 1 atom stereocenters. The van der Waals surface area contributed by atoms with Crippen molar-refractivity contribution in [1.82, 2.24) is 15.0 Å². The van der Waals surface area contributed by atoms with Crippen molar-refractivity contribution in [2.45, 2.75) is 40.7 Å². The first-order valence-corrected chi connectivity index (χ1v) is 7.28. The minimum Gasteiger partial charge on any atom is -0.463 e. The smallest absolute Gasteiger partial charge is 0.311 e. The van der Waals surface area contributed by atoms with E-state index in [1.54, 1.807) is 0 Å². The van der Waals surface area contributed by atoms with Crippen molar-refractivity contribution in [3.05, 3.63) is 24.3 Å². The molecule has 5 heteroatoms. The molecule has 0 radical (unpaired) electrons. The Balaban J connectivity index is 2.22. The summed E-state index contributed by atoms with van der Waals surface area (Å²) in [6.45, 7) is 10.0. The van der Waals surface area contributed by atoms with Gasteiger partial charge in [-0.2, -0.15) is 0 Å². The topological polar surface area (TPSA) is 57.0 Å². The highest BCUT2D eigenvalue weighted by Gasteiger charge is 2.26. The molecule has 1 aromatic carbocycles. The molecule has 1 aromatic heterocycles. The molecule has 2 rings (SSSR count). The number of nitrogens with zero attached hydrogens (tertiary/aromatic N) is 3. The van der Waals surface area contributed by atoms with E-state index in [1.165, 1.54) is 0 Å². The summed E-state index contributed by atoms with van der Waals surface area (Å²) in [7, 11) is 0. The van der Waals surface area contributed by atoms with Gasteiger partial charge in [0.2, 0.25) is 0 Å². The van der Waals surface area contributed by atoms with Crippen molar-refractivity contribution in [3.8, 4) is 0 Å². The number of hydrogen-bond acceptors (Lipinski definition) is 4. The number of fused-ring (bicyclic) bond motifs is 1. The molecule has 114 valence electrons. The summed E-state index contributed by atoms with van der Waals surface area (Å²) in [4.78, 5) is 12.0. The molecule has 0 aliphatic rings. The fourth-order valence-corrected chi connectivity index (χ4v) is 2.06. The van der Waals surface area contributed by atoms with Gasteiger partial charge in [-0.05, 0) is 38.8 Å². The van der Waals surface area contributed by atoms with Crippen LogP contribution < -0.4 is 0 Å². The van der Waals surface area contributed by atoms with E-state index in [4.69, 9.17) is 4.74 Å². The standard InChI is InChI=1S/C16H23N3O2/c1-11(2)14(10-21-15(20)16(3,4)5)19-13-9-7-6-8-12(13)17-18-19/h6-9,11,14H,10H2,1-5H3/t14-/m1/s1. The Morgan fingerprint density at radius 1 is 1.29 bits per heavy atom. The van der Waals surface area contributed by atoms with E-state index < -0.39 is 5.41 Å². The molecule has 0 saturated heterocycles. The van der Waals surface area contributed by atoms with E-state index in [0.29, 0.717) is 6.61 Å². The summed E-state index contributed by atoms with van der Waals surface area (Å²) in [6.07, 6.45) is 0. The van der Waals surface area contributed by atoms with Crippen LogP contribution in [0.1, 0.15) is 40.7 Å².